The van der Waals surface area contributed by atoms with Crippen molar-refractivity contribution in [1.82, 2.24) is 4.90 Å². The minimum absolute atomic E-state index is 0.235. The van der Waals surface area contributed by atoms with Crippen molar-refractivity contribution >= 4 is 18.5 Å². The van der Waals surface area contributed by atoms with E-state index >= 15 is 0 Å². The lowest BCUT2D eigenvalue weighted by Crippen LogP contribution is -2.49. The third kappa shape index (κ3) is 1.25. The topological polar surface area (TPSA) is 29.5 Å². The van der Waals surface area contributed by atoms with Crippen LogP contribution in [-0.2, 0) is 9.53 Å². The smallest absolute Gasteiger partial charge is 0.224 e. The summed E-state index contributed by atoms with van der Waals surface area (Å²) in [6.45, 7) is 2.23. The predicted octanol–water partition coefficient (Wildman–Crippen LogP) is -0.0841. The van der Waals surface area contributed by atoms with Crippen molar-refractivity contribution in [3.05, 3.63) is 0 Å². The molecule has 0 aromatic rings. The van der Waals surface area contributed by atoms with E-state index in [1.54, 1.807) is 0 Å². The second-order valence-electron chi connectivity index (χ2n) is 3.10. The molecule has 2 saturated heterocycles. The van der Waals surface area contributed by atoms with Gasteiger partial charge in [0.15, 0.2) is 0 Å². The fourth-order valence-corrected chi connectivity index (χ4v) is 1.80. The Labute approximate surface area is 71.1 Å². The van der Waals surface area contributed by atoms with Crippen LogP contribution in [0.4, 0.5) is 0 Å². The van der Waals surface area contributed by atoms with Gasteiger partial charge >= 0.3 is 0 Å². The van der Waals surface area contributed by atoms with Crippen molar-refractivity contribution in [2.45, 2.75) is 17.7 Å². The number of nitrogens with zero attached hydrogens (tertiary/aromatic N) is 1. The molecule has 0 aromatic heterocycles. The van der Waals surface area contributed by atoms with E-state index in [1.165, 1.54) is 0 Å². The molecule has 0 aromatic carbocycles. The molecule has 0 radical (unpaired) electrons. The highest BCUT2D eigenvalue weighted by Crippen LogP contribution is 2.21. The number of carbonyl (C=O) groups is 1. The van der Waals surface area contributed by atoms with E-state index in [4.69, 9.17) is 4.74 Å². The molecule has 1 amide bonds. The summed E-state index contributed by atoms with van der Waals surface area (Å²) >= 11 is 4.27. The molecule has 2 rings (SSSR count). The first-order chi connectivity index (χ1) is 5.27. The van der Waals surface area contributed by atoms with E-state index in [0.29, 0.717) is 25.7 Å². The second-order valence-corrected chi connectivity index (χ2v) is 3.83. The van der Waals surface area contributed by atoms with E-state index in [0.717, 1.165) is 6.54 Å². The Hall–Kier alpha value is -0.220. The lowest BCUT2D eigenvalue weighted by molar-refractivity contribution is -0.139. The fourth-order valence-electron chi connectivity index (χ4n) is 1.47. The summed E-state index contributed by atoms with van der Waals surface area (Å²) in [5.74, 6) is 0.235. The molecule has 1 unspecified atom stereocenters. The number of amides is 1. The number of likely N-dealkylation sites (tertiary alicyclic amines) is 1. The summed E-state index contributed by atoms with van der Waals surface area (Å²) in [6.07, 6.45) is 0.597. The Morgan fingerprint density at radius 2 is 2.27 bits per heavy atom. The third-order valence-corrected chi connectivity index (χ3v) is 2.55. The molecule has 2 heterocycles. The summed E-state index contributed by atoms with van der Waals surface area (Å²) in [5, 5.41) is 0.239. The van der Waals surface area contributed by atoms with Gasteiger partial charge in [0.25, 0.3) is 0 Å². The standard InChI is InChI=1S/C7H11NO2S/c9-7-1-6(11)2-8(7)5-3-10-4-5/h5-6,11H,1-4H2. The van der Waals surface area contributed by atoms with Gasteiger partial charge in [-0.25, -0.2) is 0 Å². The quantitative estimate of drug-likeness (QED) is 0.562. The number of thiol groups is 1. The molecule has 0 spiro atoms. The van der Waals surface area contributed by atoms with Crippen molar-refractivity contribution in [1.29, 1.82) is 0 Å². The Balaban J connectivity index is 1.97. The lowest BCUT2D eigenvalue weighted by atomic mass is 10.2. The average Bonchev–Trinajstić information content (AvgIpc) is 2.07. The van der Waals surface area contributed by atoms with E-state index in [-0.39, 0.29) is 11.2 Å². The molecule has 0 saturated carbocycles. The van der Waals surface area contributed by atoms with E-state index in [1.807, 2.05) is 4.90 Å². The summed E-state index contributed by atoms with van der Waals surface area (Å²) in [4.78, 5) is 13.1. The normalized spacial score (nSPS) is 32.6. The van der Waals surface area contributed by atoms with Crippen LogP contribution in [0.3, 0.4) is 0 Å². The van der Waals surface area contributed by atoms with Crippen LogP contribution < -0.4 is 0 Å². The molecular weight excluding hydrogens is 162 g/mol. The van der Waals surface area contributed by atoms with Crippen molar-refractivity contribution in [2.24, 2.45) is 0 Å². The number of carbonyl (C=O) groups excluding carboxylic acids is 1. The van der Waals surface area contributed by atoms with Crippen LogP contribution >= 0.6 is 12.6 Å². The molecule has 0 aliphatic carbocycles. The monoisotopic (exact) mass is 173 g/mol. The van der Waals surface area contributed by atoms with Gasteiger partial charge in [0, 0.05) is 18.2 Å². The summed E-state index contributed by atoms with van der Waals surface area (Å²) < 4.78 is 5.01. The molecule has 11 heavy (non-hydrogen) atoms. The third-order valence-electron chi connectivity index (χ3n) is 2.20. The highest BCUT2D eigenvalue weighted by atomic mass is 32.1. The number of ether oxygens (including phenoxy) is 1. The summed E-state index contributed by atoms with van der Waals surface area (Å²) in [6, 6.07) is 0.347. The number of hydrogen-bond donors (Lipinski definition) is 1. The highest BCUT2D eigenvalue weighted by molar-refractivity contribution is 7.81. The molecule has 0 bridgehead atoms. The molecule has 62 valence electrons. The van der Waals surface area contributed by atoms with Crippen molar-refractivity contribution < 1.29 is 9.53 Å². The van der Waals surface area contributed by atoms with Crippen LogP contribution in [0.25, 0.3) is 0 Å². The maximum absolute atomic E-state index is 11.2. The highest BCUT2D eigenvalue weighted by Gasteiger charge is 2.35. The van der Waals surface area contributed by atoms with E-state index in [9.17, 15) is 4.79 Å². The first kappa shape index (κ1) is 7.43. The van der Waals surface area contributed by atoms with E-state index < -0.39 is 0 Å². The van der Waals surface area contributed by atoms with Crippen LogP contribution in [-0.4, -0.2) is 41.9 Å². The Kier molecular flexibility index (Phi) is 1.81. The first-order valence-electron chi connectivity index (χ1n) is 3.82. The molecule has 4 heteroatoms. The van der Waals surface area contributed by atoms with Gasteiger partial charge in [-0.2, -0.15) is 12.6 Å². The zero-order valence-corrected chi connectivity index (χ0v) is 7.09. The van der Waals surface area contributed by atoms with Gasteiger partial charge < -0.3 is 9.64 Å². The predicted molar refractivity (Wildman–Crippen MR) is 43.7 cm³/mol. The zero-order chi connectivity index (χ0) is 7.84. The van der Waals surface area contributed by atoms with Crippen molar-refractivity contribution in [3.8, 4) is 0 Å². The number of hydrogen-bond acceptors (Lipinski definition) is 3. The second kappa shape index (κ2) is 2.68. The van der Waals surface area contributed by atoms with Crippen molar-refractivity contribution in [2.75, 3.05) is 19.8 Å². The van der Waals surface area contributed by atoms with Crippen LogP contribution in [0, 0.1) is 0 Å². The van der Waals surface area contributed by atoms with Gasteiger partial charge in [-0.05, 0) is 0 Å². The molecule has 3 nitrogen and oxygen atoms in total. The van der Waals surface area contributed by atoms with Crippen LogP contribution in [0.5, 0.6) is 0 Å². The minimum Gasteiger partial charge on any atom is -0.377 e. The van der Waals surface area contributed by atoms with Crippen LogP contribution in [0.1, 0.15) is 6.42 Å². The van der Waals surface area contributed by atoms with Gasteiger partial charge in [0.1, 0.15) is 0 Å². The number of rotatable bonds is 1. The van der Waals surface area contributed by atoms with Crippen molar-refractivity contribution in [3.63, 3.8) is 0 Å². The molecular formula is C7H11NO2S. The summed E-state index contributed by atoms with van der Waals surface area (Å²) in [5.41, 5.74) is 0. The largest absolute Gasteiger partial charge is 0.377 e. The van der Waals surface area contributed by atoms with E-state index in [2.05, 4.69) is 12.6 Å². The molecule has 2 aliphatic rings. The Morgan fingerprint density at radius 1 is 1.55 bits per heavy atom. The first-order valence-corrected chi connectivity index (χ1v) is 4.34. The summed E-state index contributed by atoms with van der Waals surface area (Å²) in [7, 11) is 0. The maximum Gasteiger partial charge on any atom is 0.224 e. The van der Waals surface area contributed by atoms with Gasteiger partial charge in [0.2, 0.25) is 5.91 Å². The van der Waals surface area contributed by atoms with Gasteiger partial charge in [-0.1, -0.05) is 0 Å². The average molecular weight is 173 g/mol. The SMILES string of the molecule is O=C1CC(S)CN1C1COC1. The molecule has 1 atom stereocenters. The Morgan fingerprint density at radius 3 is 2.64 bits per heavy atom. The maximum atomic E-state index is 11.2. The molecule has 2 fully saturated rings. The fraction of sp³-hybridized carbons (Fsp3) is 0.857. The Bertz CT molecular complexity index is 181. The zero-order valence-electron chi connectivity index (χ0n) is 6.19. The lowest BCUT2D eigenvalue weighted by Gasteiger charge is -2.34. The molecule has 0 N–H and O–H groups in total. The molecule has 2 aliphatic heterocycles. The minimum atomic E-state index is 0.235. The van der Waals surface area contributed by atoms with Gasteiger partial charge in [0.05, 0.1) is 19.3 Å². The van der Waals surface area contributed by atoms with Gasteiger partial charge in [-0.3, -0.25) is 4.79 Å². The van der Waals surface area contributed by atoms with Crippen LogP contribution in [0.2, 0.25) is 0 Å². The van der Waals surface area contributed by atoms with Crippen LogP contribution in [0.15, 0.2) is 0 Å². The van der Waals surface area contributed by atoms with Gasteiger partial charge in [-0.15, -0.1) is 0 Å².